The zero-order chi connectivity index (χ0) is 20.1. The maximum absolute atomic E-state index is 13.4. The van der Waals surface area contributed by atoms with Crippen molar-refractivity contribution < 1.29 is 14.4 Å². The third kappa shape index (κ3) is 3.08. The van der Waals surface area contributed by atoms with Gasteiger partial charge in [0.15, 0.2) is 5.78 Å². The summed E-state index contributed by atoms with van der Waals surface area (Å²) >= 11 is 3.49. The van der Waals surface area contributed by atoms with Gasteiger partial charge < -0.3 is 14.9 Å². The molecule has 2 atom stereocenters. The average molecular weight is 451 g/mol. The second-order valence-corrected chi connectivity index (χ2v) is 8.55. The van der Waals surface area contributed by atoms with Crippen molar-refractivity contribution in [2.75, 3.05) is 5.32 Å². The lowest BCUT2D eigenvalue weighted by atomic mass is 9.72. The average Bonchev–Trinajstić information content (AvgIpc) is 3.08. The number of phenolic OH excluding ortho intramolecular Hbond substituents is 1. The largest absolute Gasteiger partial charge is 0.508 e. The molecular weight excluding hydrogens is 432 g/mol. The first-order chi connectivity index (χ1) is 14.0. The molecule has 29 heavy (non-hydrogen) atoms. The number of rotatable bonds is 2. The number of fused-ring (bicyclic) bond motifs is 1. The minimum atomic E-state index is -0.186. The van der Waals surface area contributed by atoms with Crippen LogP contribution in [0.4, 0.5) is 5.88 Å². The van der Waals surface area contributed by atoms with E-state index in [4.69, 9.17) is 4.52 Å². The molecule has 0 amide bonds. The lowest BCUT2D eigenvalue weighted by Gasteiger charge is -2.34. The monoisotopic (exact) mass is 450 g/mol. The molecule has 1 aliphatic carbocycles. The van der Waals surface area contributed by atoms with Crippen LogP contribution in [0.5, 0.6) is 5.75 Å². The van der Waals surface area contributed by atoms with E-state index >= 15 is 0 Å². The number of allylic oxidation sites excluding steroid dienone is 2. The topological polar surface area (TPSA) is 75.4 Å². The van der Waals surface area contributed by atoms with Crippen molar-refractivity contribution in [2.45, 2.75) is 31.6 Å². The molecule has 146 valence electrons. The molecule has 2 aliphatic rings. The number of ketones is 1. The van der Waals surface area contributed by atoms with E-state index in [1.165, 1.54) is 0 Å². The van der Waals surface area contributed by atoms with Crippen molar-refractivity contribution >= 4 is 27.6 Å². The number of halogens is 1. The Morgan fingerprint density at radius 1 is 1.07 bits per heavy atom. The quantitative estimate of drug-likeness (QED) is 0.545. The summed E-state index contributed by atoms with van der Waals surface area (Å²) in [5.74, 6) is 0.854. The number of carbonyl (C=O) groups is 1. The molecule has 5 rings (SSSR count). The second kappa shape index (κ2) is 6.88. The Bertz CT molecular complexity index is 1130. The molecule has 0 saturated carbocycles. The maximum Gasteiger partial charge on any atom is 0.233 e. The summed E-state index contributed by atoms with van der Waals surface area (Å²) in [5, 5.41) is 17.1. The smallest absolute Gasteiger partial charge is 0.233 e. The van der Waals surface area contributed by atoms with Crippen molar-refractivity contribution in [3.63, 3.8) is 0 Å². The van der Waals surface area contributed by atoms with E-state index in [0.717, 1.165) is 38.1 Å². The first-order valence-electron chi connectivity index (χ1n) is 9.55. The summed E-state index contributed by atoms with van der Waals surface area (Å²) in [4.78, 5) is 13.4. The first-order valence-corrected chi connectivity index (χ1v) is 10.3. The standard InChI is InChI=1S/C23H19BrN2O3/c1-12-20-21(14-2-6-16(24)7-3-14)22-18(25-23(20)29-26-12)10-15(11-19(22)28)13-4-8-17(27)9-5-13/h2-9,15,21,25,27H,10-11H2,1H3/t15-,21-/m0/s1. The summed E-state index contributed by atoms with van der Waals surface area (Å²) in [7, 11) is 0. The molecular formula is C23H19BrN2O3. The Morgan fingerprint density at radius 2 is 1.76 bits per heavy atom. The van der Waals surface area contributed by atoms with Gasteiger partial charge in [-0.2, -0.15) is 0 Å². The van der Waals surface area contributed by atoms with E-state index < -0.39 is 0 Å². The summed E-state index contributed by atoms with van der Waals surface area (Å²) in [6, 6.07) is 15.2. The SMILES string of the molecule is Cc1noc2c1[C@H](c1ccc(Br)cc1)C1=C(C[C@H](c3ccc(O)cc3)CC1=O)N2. The normalized spacial score (nSPS) is 20.8. The molecule has 2 N–H and O–H groups in total. The molecule has 0 bridgehead atoms. The zero-order valence-electron chi connectivity index (χ0n) is 15.8. The number of anilines is 1. The third-order valence-corrected chi connectivity index (χ3v) is 6.35. The summed E-state index contributed by atoms with van der Waals surface area (Å²) in [6.07, 6.45) is 1.15. The molecule has 0 unspecified atom stereocenters. The van der Waals surface area contributed by atoms with Crippen molar-refractivity contribution in [1.82, 2.24) is 5.16 Å². The summed E-state index contributed by atoms with van der Waals surface area (Å²) in [5.41, 5.74) is 5.52. The Hall–Kier alpha value is -2.86. The summed E-state index contributed by atoms with van der Waals surface area (Å²) in [6.45, 7) is 1.91. The van der Waals surface area contributed by atoms with Gasteiger partial charge in [0.2, 0.25) is 5.88 Å². The molecule has 6 heteroatoms. The molecule has 0 fully saturated rings. The molecule has 0 spiro atoms. The fourth-order valence-electron chi connectivity index (χ4n) is 4.44. The van der Waals surface area contributed by atoms with Crippen LogP contribution in [0.3, 0.4) is 0 Å². The lowest BCUT2D eigenvalue weighted by molar-refractivity contribution is -0.116. The fraction of sp³-hybridized carbons (Fsp3) is 0.217. The molecule has 3 aromatic rings. The van der Waals surface area contributed by atoms with Gasteiger partial charge >= 0.3 is 0 Å². The summed E-state index contributed by atoms with van der Waals surface area (Å²) < 4.78 is 6.55. The van der Waals surface area contributed by atoms with Gasteiger partial charge in [-0.1, -0.05) is 45.4 Å². The highest BCUT2D eigenvalue weighted by molar-refractivity contribution is 9.10. The van der Waals surface area contributed by atoms with Crippen molar-refractivity contribution in [2.24, 2.45) is 0 Å². The van der Waals surface area contributed by atoms with Gasteiger partial charge in [0, 0.05) is 28.1 Å². The van der Waals surface area contributed by atoms with E-state index in [0.29, 0.717) is 18.7 Å². The fourth-order valence-corrected chi connectivity index (χ4v) is 4.71. The Balaban J connectivity index is 1.61. The van der Waals surface area contributed by atoms with Gasteiger partial charge in [0.05, 0.1) is 11.3 Å². The number of aromatic hydroxyl groups is 1. The van der Waals surface area contributed by atoms with Crippen LogP contribution in [-0.2, 0) is 4.79 Å². The van der Waals surface area contributed by atoms with E-state index in [9.17, 15) is 9.90 Å². The van der Waals surface area contributed by atoms with Gasteiger partial charge in [-0.05, 0) is 54.7 Å². The third-order valence-electron chi connectivity index (χ3n) is 5.83. The molecule has 2 heterocycles. The van der Waals surface area contributed by atoms with E-state index in [1.807, 2.05) is 43.3 Å². The number of hydrogen-bond donors (Lipinski definition) is 2. The predicted molar refractivity (Wildman–Crippen MR) is 113 cm³/mol. The minimum absolute atomic E-state index is 0.0606. The number of Topliss-reactive ketones (excluding diaryl/α,β-unsaturated/α-hetero) is 1. The van der Waals surface area contributed by atoms with Gasteiger partial charge in [0.25, 0.3) is 0 Å². The predicted octanol–water partition coefficient (Wildman–Crippen LogP) is 5.41. The highest BCUT2D eigenvalue weighted by Gasteiger charge is 2.41. The van der Waals surface area contributed by atoms with Crippen LogP contribution in [0.15, 0.2) is 68.8 Å². The molecule has 0 saturated heterocycles. The number of aromatic nitrogens is 1. The van der Waals surface area contributed by atoms with Crippen molar-refractivity contribution in [3.8, 4) is 5.75 Å². The van der Waals surface area contributed by atoms with Crippen molar-refractivity contribution in [3.05, 3.63) is 86.7 Å². The number of nitrogens with zero attached hydrogens (tertiary/aromatic N) is 1. The van der Waals surface area contributed by atoms with Crippen LogP contribution >= 0.6 is 15.9 Å². The number of nitrogens with one attached hydrogen (secondary N) is 1. The number of carbonyl (C=O) groups excluding carboxylic acids is 1. The Labute approximate surface area is 176 Å². The van der Waals surface area contributed by atoms with Crippen LogP contribution < -0.4 is 5.32 Å². The maximum atomic E-state index is 13.4. The van der Waals surface area contributed by atoms with E-state index in [2.05, 4.69) is 26.4 Å². The molecule has 1 aliphatic heterocycles. The first kappa shape index (κ1) is 18.2. The molecule has 0 radical (unpaired) electrons. The zero-order valence-corrected chi connectivity index (χ0v) is 17.4. The Morgan fingerprint density at radius 3 is 2.48 bits per heavy atom. The van der Waals surface area contributed by atoms with Gasteiger partial charge in [-0.25, -0.2) is 0 Å². The number of phenols is 1. The molecule has 2 aromatic carbocycles. The minimum Gasteiger partial charge on any atom is -0.508 e. The number of aryl methyl sites for hydroxylation is 1. The van der Waals surface area contributed by atoms with Crippen LogP contribution in [0.2, 0.25) is 0 Å². The highest BCUT2D eigenvalue weighted by Crippen LogP contribution is 2.49. The van der Waals surface area contributed by atoms with Gasteiger partial charge in [-0.15, -0.1) is 0 Å². The number of hydrogen-bond acceptors (Lipinski definition) is 5. The van der Waals surface area contributed by atoms with Crippen LogP contribution in [-0.4, -0.2) is 16.0 Å². The molecule has 5 nitrogen and oxygen atoms in total. The number of benzene rings is 2. The highest BCUT2D eigenvalue weighted by atomic mass is 79.9. The van der Waals surface area contributed by atoms with Crippen molar-refractivity contribution in [1.29, 1.82) is 0 Å². The molecule has 1 aromatic heterocycles. The van der Waals surface area contributed by atoms with Gasteiger partial charge in [-0.3, -0.25) is 4.79 Å². The van der Waals surface area contributed by atoms with Gasteiger partial charge in [0.1, 0.15) is 5.75 Å². The van der Waals surface area contributed by atoms with E-state index in [-0.39, 0.29) is 23.4 Å². The van der Waals surface area contributed by atoms with Crippen LogP contribution in [0.25, 0.3) is 0 Å². The lowest BCUT2D eigenvalue weighted by Crippen LogP contribution is -2.29. The van der Waals surface area contributed by atoms with E-state index in [1.54, 1.807) is 12.1 Å². The van der Waals surface area contributed by atoms with Crippen LogP contribution in [0.1, 0.15) is 47.1 Å². The second-order valence-electron chi connectivity index (χ2n) is 7.63. The van der Waals surface area contributed by atoms with Crippen LogP contribution in [0, 0.1) is 6.92 Å². The Kier molecular flexibility index (Phi) is 4.32.